The maximum atomic E-state index is 12.4. The minimum atomic E-state index is -2.30. The van der Waals surface area contributed by atoms with Crippen LogP contribution in [-0.2, 0) is 6.54 Å². The molecule has 0 bridgehead atoms. The van der Waals surface area contributed by atoms with E-state index in [-0.39, 0.29) is 18.3 Å². The Balaban J connectivity index is 1.80. The lowest BCUT2D eigenvalue weighted by Crippen LogP contribution is -2.49. The molecule has 0 spiro atoms. The fourth-order valence-corrected chi connectivity index (χ4v) is 2.81. The number of halogens is 2. The predicted molar refractivity (Wildman–Crippen MR) is 91.9 cm³/mol. The zero-order valence-corrected chi connectivity index (χ0v) is 14.1. The first kappa shape index (κ1) is 19.0. The molecule has 1 aliphatic rings. The highest BCUT2D eigenvalue weighted by atomic mass is 19.3. The summed E-state index contributed by atoms with van der Waals surface area (Å²) < 4.78 is 24.8. The molecule has 0 unspecified atom stereocenters. The van der Waals surface area contributed by atoms with Crippen LogP contribution in [0.4, 0.5) is 14.5 Å². The Kier molecular flexibility index (Phi) is 7.05. The van der Waals surface area contributed by atoms with Crippen LogP contribution in [-0.4, -0.2) is 54.9 Å². The van der Waals surface area contributed by atoms with Gasteiger partial charge in [0.2, 0.25) is 0 Å². The third kappa shape index (κ3) is 6.26. The van der Waals surface area contributed by atoms with Crippen LogP contribution in [0.5, 0.6) is 0 Å². The molecule has 0 radical (unpaired) electrons. The van der Waals surface area contributed by atoms with Crippen LogP contribution in [0.1, 0.15) is 18.4 Å². The second-order valence-corrected chi connectivity index (χ2v) is 5.96. The lowest BCUT2D eigenvalue weighted by molar-refractivity contribution is -0.384. The minimum Gasteiger partial charge on any atom is -0.354 e. The van der Waals surface area contributed by atoms with Crippen LogP contribution in [0.2, 0.25) is 0 Å². The largest absolute Gasteiger partial charge is 0.354 e. The van der Waals surface area contributed by atoms with E-state index in [2.05, 4.69) is 15.6 Å². The van der Waals surface area contributed by atoms with E-state index in [1.807, 2.05) is 0 Å². The van der Waals surface area contributed by atoms with Crippen LogP contribution in [0.25, 0.3) is 0 Å². The minimum absolute atomic E-state index is 0.0497. The number of nitrogens with zero attached hydrogens (tertiary/aromatic N) is 3. The summed E-state index contributed by atoms with van der Waals surface area (Å²) in [4.78, 5) is 16.3. The standard InChI is InChI=1S/C16H23F2N5O2/c1-19-16(20-10-12-3-2-4-14(9-12)23(24)25)21-13-5-7-22(8-6-13)11-15(17)18/h2-4,9,13,15H,5-8,10-11H2,1H3,(H2,19,20,21). The summed E-state index contributed by atoms with van der Waals surface area (Å²) in [5, 5.41) is 17.2. The van der Waals surface area contributed by atoms with Gasteiger partial charge in [0.25, 0.3) is 12.1 Å². The van der Waals surface area contributed by atoms with Crippen molar-refractivity contribution >= 4 is 11.6 Å². The maximum absolute atomic E-state index is 12.4. The van der Waals surface area contributed by atoms with E-state index in [0.717, 1.165) is 18.4 Å². The molecule has 1 heterocycles. The summed E-state index contributed by atoms with van der Waals surface area (Å²) in [5.41, 5.74) is 0.831. The Morgan fingerprint density at radius 3 is 2.76 bits per heavy atom. The number of guanidine groups is 1. The van der Waals surface area contributed by atoms with Gasteiger partial charge in [0.05, 0.1) is 11.5 Å². The van der Waals surface area contributed by atoms with E-state index in [4.69, 9.17) is 0 Å². The highest BCUT2D eigenvalue weighted by Crippen LogP contribution is 2.13. The Bertz CT molecular complexity index is 604. The van der Waals surface area contributed by atoms with Gasteiger partial charge in [-0.3, -0.25) is 20.0 Å². The molecule has 2 rings (SSSR count). The van der Waals surface area contributed by atoms with Crippen molar-refractivity contribution in [1.82, 2.24) is 15.5 Å². The van der Waals surface area contributed by atoms with Gasteiger partial charge >= 0.3 is 0 Å². The SMILES string of the molecule is CN=C(NCc1cccc([N+](=O)[O-])c1)NC1CCN(CC(F)F)CC1. The van der Waals surface area contributed by atoms with Gasteiger partial charge in [0, 0.05) is 44.9 Å². The van der Waals surface area contributed by atoms with Gasteiger partial charge in [-0.2, -0.15) is 0 Å². The average Bonchev–Trinajstić information content (AvgIpc) is 2.59. The van der Waals surface area contributed by atoms with Gasteiger partial charge in [-0.05, 0) is 18.4 Å². The summed E-state index contributed by atoms with van der Waals surface area (Å²) in [6, 6.07) is 6.58. The molecule has 25 heavy (non-hydrogen) atoms. The topological polar surface area (TPSA) is 82.8 Å². The van der Waals surface area contributed by atoms with Crippen LogP contribution in [0, 0.1) is 10.1 Å². The Morgan fingerprint density at radius 1 is 1.44 bits per heavy atom. The molecule has 138 valence electrons. The van der Waals surface area contributed by atoms with Gasteiger partial charge in [0.1, 0.15) is 0 Å². The molecule has 2 N–H and O–H groups in total. The van der Waals surface area contributed by atoms with E-state index < -0.39 is 11.3 Å². The molecule has 0 amide bonds. The smallest absolute Gasteiger partial charge is 0.269 e. The van der Waals surface area contributed by atoms with Crippen molar-refractivity contribution in [3.8, 4) is 0 Å². The highest BCUT2D eigenvalue weighted by Gasteiger charge is 2.21. The van der Waals surface area contributed by atoms with Crippen LogP contribution < -0.4 is 10.6 Å². The fourth-order valence-electron chi connectivity index (χ4n) is 2.81. The average molecular weight is 355 g/mol. The number of benzene rings is 1. The van der Waals surface area contributed by atoms with E-state index >= 15 is 0 Å². The number of non-ortho nitro benzene ring substituents is 1. The summed E-state index contributed by atoms with van der Waals surface area (Å²) >= 11 is 0. The summed E-state index contributed by atoms with van der Waals surface area (Å²) in [7, 11) is 1.65. The van der Waals surface area contributed by atoms with E-state index in [1.54, 1.807) is 24.1 Å². The summed E-state index contributed by atoms with van der Waals surface area (Å²) in [6.07, 6.45) is -0.761. The molecule has 0 aromatic heterocycles. The Hall–Kier alpha value is -2.29. The second-order valence-electron chi connectivity index (χ2n) is 5.96. The quantitative estimate of drug-likeness (QED) is 0.353. The van der Waals surface area contributed by atoms with Crippen LogP contribution >= 0.6 is 0 Å². The van der Waals surface area contributed by atoms with Crippen molar-refractivity contribution in [3.63, 3.8) is 0 Å². The molecule has 0 saturated carbocycles. The Labute approximate surface area is 145 Å². The Morgan fingerprint density at radius 2 is 2.16 bits per heavy atom. The molecular weight excluding hydrogens is 332 g/mol. The van der Waals surface area contributed by atoms with Gasteiger partial charge in [-0.25, -0.2) is 8.78 Å². The molecule has 1 aliphatic heterocycles. The number of nitro benzene ring substituents is 1. The normalized spacial score (nSPS) is 16.9. The van der Waals surface area contributed by atoms with Gasteiger partial charge < -0.3 is 10.6 Å². The number of piperidine rings is 1. The zero-order chi connectivity index (χ0) is 18.2. The lowest BCUT2D eigenvalue weighted by atomic mass is 10.1. The highest BCUT2D eigenvalue weighted by molar-refractivity contribution is 5.80. The van der Waals surface area contributed by atoms with Crippen molar-refractivity contribution < 1.29 is 13.7 Å². The van der Waals surface area contributed by atoms with Gasteiger partial charge in [0.15, 0.2) is 5.96 Å². The van der Waals surface area contributed by atoms with Crippen molar-refractivity contribution in [2.24, 2.45) is 4.99 Å². The predicted octanol–water partition coefficient (Wildman–Crippen LogP) is 1.99. The summed E-state index contributed by atoms with van der Waals surface area (Å²) in [6.45, 7) is 1.49. The van der Waals surface area contributed by atoms with Crippen molar-refractivity contribution in [2.45, 2.75) is 31.9 Å². The monoisotopic (exact) mass is 355 g/mol. The number of rotatable bonds is 6. The second kappa shape index (κ2) is 9.26. The van der Waals surface area contributed by atoms with E-state index in [0.29, 0.717) is 25.6 Å². The number of nitrogens with one attached hydrogen (secondary N) is 2. The van der Waals surface area contributed by atoms with Gasteiger partial charge in [-0.15, -0.1) is 0 Å². The number of alkyl halides is 2. The molecule has 9 heteroatoms. The third-order valence-corrected chi connectivity index (χ3v) is 4.13. The molecule has 0 atom stereocenters. The lowest BCUT2D eigenvalue weighted by Gasteiger charge is -2.32. The van der Waals surface area contributed by atoms with Crippen molar-refractivity contribution in [3.05, 3.63) is 39.9 Å². The van der Waals surface area contributed by atoms with Gasteiger partial charge in [-0.1, -0.05) is 12.1 Å². The van der Waals surface area contributed by atoms with Crippen molar-refractivity contribution in [1.29, 1.82) is 0 Å². The van der Waals surface area contributed by atoms with Crippen LogP contribution in [0.3, 0.4) is 0 Å². The summed E-state index contributed by atoms with van der Waals surface area (Å²) in [5.74, 6) is 0.596. The number of hydrogen-bond donors (Lipinski definition) is 2. The first-order valence-corrected chi connectivity index (χ1v) is 8.19. The first-order valence-electron chi connectivity index (χ1n) is 8.19. The molecule has 1 aromatic rings. The first-order chi connectivity index (χ1) is 12.0. The number of hydrogen-bond acceptors (Lipinski definition) is 4. The third-order valence-electron chi connectivity index (χ3n) is 4.13. The van der Waals surface area contributed by atoms with E-state index in [1.165, 1.54) is 12.1 Å². The van der Waals surface area contributed by atoms with E-state index in [9.17, 15) is 18.9 Å². The molecular formula is C16H23F2N5O2. The van der Waals surface area contributed by atoms with Crippen molar-refractivity contribution in [2.75, 3.05) is 26.7 Å². The number of nitro groups is 1. The molecule has 0 aliphatic carbocycles. The van der Waals surface area contributed by atoms with Crippen LogP contribution in [0.15, 0.2) is 29.3 Å². The molecule has 1 saturated heterocycles. The maximum Gasteiger partial charge on any atom is 0.269 e. The molecule has 1 aromatic carbocycles. The zero-order valence-electron chi connectivity index (χ0n) is 14.1. The number of likely N-dealkylation sites (tertiary alicyclic amines) is 1. The molecule has 7 nitrogen and oxygen atoms in total. The number of aliphatic imine (C=N–C) groups is 1. The fraction of sp³-hybridized carbons (Fsp3) is 0.562. The molecule has 1 fully saturated rings.